The Morgan fingerprint density at radius 3 is 2.92 bits per heavy atom. The fourth-order valence-electron chi connectivity index (χ4n) is 1.35. The van der Waals surface area contributed by atoms with Crippen LogP contribution >= 0.6 is 0 Å². The van der Waals surface area contributed by atoms with Crippen LogP contribution in [0.4, 0.5) is 0 Å². The summed E-state index contributed by atoms with van der Waals surface area (Å²) in [5.74, 6) is 0.0603. The average molecular weight is 188 g/mol. The quantitative estimate of drug-likeness (QED) is 0.485. The maximum absolute atomic E-state index is 11.3. The zero-order chi connectivity index (χ0) is 9.84. The van der Waals surface area contributed by atoms with E-state index >= 15 is 0 Å². The van der Waals surface area contributed by atoms with Gasteiger partial charge < -0.3 is 20.4 Å². The van der Waals surface area contributed by atoms with Crippen molar-refractivity contribution in [2.75, 3.05) is 26.7 Å². The number of aliphatic hydroxyl groups is 2. The lowest BCUT2D eigenvalue weighted by Gasteiger charge is -2.14. The third-order valence-corrected chi connectivity index (χ3v) is 2.24. The minimum Gasteiger partial charge on any atom is -0.394 e. The molecule has 3 N–H and O–H groups in total. The molecule has 0 aromatic rings. The number of nitrogens with one attached hydrogen (secondary N) is 1. The number of aliphatic hydroxyl groups excluding tert-OH is 2. The van der Waals surface area contributed by atoms with Crippen molar-refractivity contribution < 1.29 is 15.0 Å². The van der Waals surface area contributed by atoms with E-state index < -0.39 is 6.10 Å². The summed E-state index contributed by atoms with van der Waals surface area (Å²) in [5.41, 5.74) is 0. The van der Waals surface area contributed by atoms with Gasteiger partial charge in [0, 0.05) is 20.1 Å². The number of rotatable bonds is 4. The van der Waals surface area contributed by atoms with E-state index in [4.69, 9.17) is 10.2 Å². The number of hydrogen-bond acceptors (Lipinski definition) is 4. The monoisotopic (exact) mass is 188 g/mol. The van der Waals surface area contributed by atoms with E-state index in [0.29, 0.717) is 0 Å². The maximum Gasteiger partial charge on any atom is 0.239 e. The molecule has 5 nitrogen and oxygen atoms in total. The molecule has 0 bridgehead atoms. The van der Waals surface area contributed by atoms with Gasteiger partial charge in [0.25, 0.3) is 0 Å². The molecule has 1 rings (SSSR count). The van der Waals surface area contributed by atoms with Crippen LogP contribution in [-0.4, -0.2) is 59.9 Å². The SMILES string of the molecule is CN1CCC(NC[C@H](O)CO)C1=O. The molecule has 0 aromatic heterocycles. The summed E-state index contributed by atoms with van der Waals surface area (Å²) in [6.45, 7) is 0.746. The summed E-state index contributed by atoms with van der Waals surface area (Å²) < 4.78 is 0. The van der Waals surface area contributed by atoms with Crippen LogP contribution in [0.5, 0.6) is 0 Å². The Hall–Kier alpha value is -0.650. The first-order chi connectivity index (χ1) is 6.15. The van der Waals surface area contributed by atoms with Crippen LogP contribution in [0.1, 0.15) is 6.42 Å². The second kappa shape index (κ2) is 4.55. The number of amides is 1. The zero-order valence-corrected chi connectivity index (χ0v) is 7.73. The highest BCUT2D eigenvalue weighted by Gasteiger charge is 2.28. The highest BCUT2D eigenvalue weighted by molar-refractivity contribution is 5.83. The van der Waals surface area contributed by atoms with Gasteiger partial charge in [-0.15, -0.1) is 0 Å². The van der Waals surface area contributed by atoms with E-state index in [-0.39, 0.29) is 25.1 Å². The van der Waals surface area contributed by atoms with E-state index in [1.165, 1.54) is 0 Å². The van der Waals surface area contributed by atoms with Crippen LogP contribution < -0.4 is 5.32 Å². The molecule has 5 heteroatoms. The zero-order valence-electron chi connectivity index (χ0n) is 7.73. The fraction of sp³-hybridized carbons (Fsp3) is 0.875. The van der Waals surface area contributed by atoms with Crippen LogP contribution in [-0.2, 0) is 4.79 Å². The normalized spacial score (nSPS) is 25.3. The highest BCUT2D eigenvalue weighted by atomic mass is 16.3. The van der Waals surface area contributed by atoms with Gasteiger partial charge in [-0.05, 0) is 6.42 Å². The molecule has 0 spiro atoms. The Morgan fingerprint density at radius 2 is 2.46 bits per heavy atom. The van der Waals surface area contributed by atoms with E-state index in [2.05, 4.69) is 5.32 Å². The number of nitrogens with zero attached hydrogens (tertiary/aromatic N) is 1. The number of likely N-dealkylation sites (tertiary alicyclic amines) is 1. The summed E-state index contributed by atoms with van der Waals surface area (Å²) in [4.78, 5) is 13.0. The molecular formula is C8H16N2O3. The van der Waals surface area contributed by atoms with Crippen molar-refractivity contribution in [3.63, 3.8) is 0 Å². The first-order valence-electron chi connectivity index (χ1n) is 4.42. The smallest absolute Gasteiger partial charge is 0.239 e. The van der Waals surface area contributed by atoms with Crippen molar-refractivity contribution in [3.05, 3.63) is 0 Å². The molecule has 1 fully saturated rings. The molecule has 0 saturated carbocycles. The van der Waals surface area contributed by atoms with Gasteiger partial charge in [0.2, 0.25) is 5.91 Å². The first kappa shape index (κ1) is 10.4. The predicted octanol–water partition coefficient (Wildman–Crippen LogP) is -1.84. The van der Waals surface area contributed by atoms with Crippen molar-refractivity contribution in [2.45, 2.75) is 18.6 Å². The average Bonchev–Trinajstić information content (AvgIpc) is 2.44. The molecule has 1 unspecified atom stereocenters. The Morgan fingerprint density at radius 1 is 1.77 bits per heavy atom. The third kappa shape index (κ3) is 2.65. The minimum atomic E-state index is -0.779. The van der Waals surface area contributed by atoms with Gasteiger partial charge >= 0.3 is 0 Å². The molecule has 13 heavy (non-hydrogen) atoms. The van der Waals surface area contributed by atoms with Gasteiger partial charge in [0.1, 0.15) is 0 Å². The topological polar surface area (TPSA) is 72.8 Å². The molecule has 1 aliphatic rings. The Balaban J connectivity index is 2.26. The van der Waals surface area contributed by atoms with Gasteiger partial charge in [-0.1, -0.05) is 0 Å². The lowest BCUT2D eigenvalue weighted by molar-refractivity contribution is -0.128. The van der Waals surface area contributed by atoms with Crippen molar-refractivity contribution in [2.24, 2.45) is 0 Å². The van der Waals surface area contributed by atoms with Crippen LogP contribution in [0.15, 0.2) is 0 Å². The van der Waals surface area contributed by atoms with Gasteiger partial charge in [0.15, 0.2) is 0 Å². The fourth-order valence-corrected chi connectivity index (χ4v) is 1.35. The lowest BCUT2D eigenvalue weighted by Crippen LogP contribution is -2.41. The standard InChI is InChI=1S/C8H16N2O3/c1-10-3-2-7(8(10)13)9-4-6(12)5-11/h6-7,9,11-12H,2-5H2,1H3/t6-,7?/m0/s1. The number of carbonyl (C=O) groups excluding carboxylic acids is 1. The molecule has 0 aromatic carbocycles. The molecule has 2 atom stereocenters. The summed E-state index contributed by atoms with van der Waals surface area (Å²) >= 11 is 0. The van der Waals surface area contributed by atoms with E-state index in [1.807, 2.05) is 0 Å². The Bertz CT molecular complexity index is 186. The second-order valence-electron chi connectivity index (χ2n) is 3.35. The van der Waals surface area contributed by atoms with Gasteiger partial charge in [-0.3, -0.25) is 4.79 Å². The molecule has 0 aliphatic carbocycles. The van der Waals surface area contributed by atoms with E-state index in [1.54, 1.807) is 11.9 Å². The first-order valence-corrected chi connectivity index (χ1v) is 4.42. The molecule has 1 aliphatic heterocycles. The molecule has 0 radical (unpaired) electrons. The van der Waals surface area contributed by atoms with Crippen LogP contribution in [0, 0.1) is 0 Å². The van der Waals surface area contributed by atoms with Crippen molar-refractivity contribution >= 4 is 5.91 Å². The number of carbonyl (C=O) groups is 1. The van der Waals surface area contributed by atoms with Gasteiger partial charge in [0.05, 0.1) is 18.8 Å². The van der Waals surface area contributed by atoms with Crippen LogP contribution in [0.25, 0.3) is 0 Å². The van der Waals surface area contributed by atoms with Crippen molar-refractivity contribution in [3.8, 4) is 0 Å². The van der Waals surface area contributed by atoms with Gasteiger partial charge in [-0.2, -0.15) is 0 Å². The second-order valence-corrected chi connectivity index (χ2v) is 3.35. The summed E-state index contributed by atoms with van der Waals surface area (Å²) in [5, 5.41) is 20.5. The largest absolute Gasteiger partial charge is 0.394 e. The van der Waals surface area contributed by atoms with Gasteiger partial charge in [-0.25, -0.2) is 0 Å². The van der Waals surface area contributed by atoms with E-state index in [0.717, 1.165) is 13.0 Å². The summed E-state index contributed by atoms with van der Waals surface area (Å²) in [6.07, 6.45) is -0.00766. The highest BCUT2D eigenvalue weighted by Crippen LogP contribution is 2.07. The van der Waals surface area contributed by atoms with Crippen LogP contribution in [0.3, 0.4) is 0 Å². The van der Waals surface area contributed by atoms with E-state index in [9.17, 15) is 4.79 Å². The molecular weight excluding hydrogens is 172 g/mol. The minimum absolute atomic E-state index is 0.0603. The van der Waals surface area contributed by atoms with Crippen molar-refractivity contribution in [1.29, 1.82) is 0 Å². The maximum atomic E-state index is 11.3. The summed E-state index contributed by atoms with van der Waals surface area (Å²) in [6, 6.07) is -0.189. The van der Waals surface area contributed by atoms with Crippen LogP contribution in [0.2, 0.25) is 0 Å². The predicted molar refractivity (Wildman–Crippen MR) is 47.1 cm³/mol. The third-order valence-electron chi connectivity index (χ3n) is 2.24. The number of likely N-dealkylation sites (N-methyl/N-ethyl adjacent to an activating group) is 1. The Kier molecular flexibility index (Phi) is 3.65. The number of hydrogen-bond donors (Lipinski definition) is 3. The molecule has 1 heterocycles. The molecule has 76 valence electrons. The van der Waals surface area contributed by atoms with Crippen molar-refractivity contribution in [1.82, 2.24) is 10.2 Å². The summed E-state index contributed by atoms with van der Waals surface area (Å²) in [7, 11) is 1.76. The Labute approximate surface area is 77.3 Å². The molecule has 1 amide bonds. The lowest BCUT2D eigenvalue weighted by atomic mass is 10.2. The molecule has 1 saturated heterocycles.